The molecule has 2 aromatic carbocycles. The van der Waals surface area contributed by atoms with Gasteiger partial charge in [0.15, 0.2) is 0 Å². The number of thioether (sulfide) groups is 1. The minimum absolute atomic E-state index is 0.185. The van der Waals surface area contributed by atoms with Crippen molar-refractivity contribution < 1.29 is 9.53 Å². The molecule has 0 saturated heterocycles. The summed E-state index contributed by atoms with van der Waals surface area (Å²) in [6.45, 7) is 6.67. The van der Waals surface area contributed by atoms with Crippen LogP contribution in [0.2, 0.25) is 0 Å². The number of anilines is 1. The topological polar surface area (TPSA) is 52.3 Å². The van der Waals surface area contributed by atoms with Crippen LogP contribution in [0.5, 0.6) is 0 Å². The van der Waals surface area contributed by atoms with Crippen LogP contribution in [0, 0.1) is 11.8 Å². The molecule has 3 rings (SSSR count). The fraction of sp³-hybridized carbons (Fsp3) is 0.318. The Morgan fingerprint density at radius 1 is 1.19 bits per heavy atom. The Kier molecular flexibility index (Phi) is 5.29. The molecule has 1 aliphatic heterocycles. The third-order valence-corrected chi connectivity index (χ3v) is 5.67. The van der Waals surface area contributed by atoms with E-state index in [2.05, 4.69) is 43.9 Å². The zero-order chi connectivity index (χ0) is 18.7. The number of esters is 1. The van der Waals surface area contributed by atoms with E-state index in [1.807, 2.05) is 11.8 Å². The van der Waals surface area contributed by atoms with Gasteiger partial charge in [0.25, 0.3) is 0 Å². The third kappa shape index (κ3) is 3.89. The number of nitrogens with two attached hydrogens (primary N) is 1. The summed E-state index contributed by atoms with van der Waals surface area (Å²) in [5.41, 5.74) is 10.1. The van der Waals surface area contributed by atoms with Gasteiger partial charge in [0.2, 0.25) is 0 Å². The van der Waals surface area contributed by atoms with E-state index in [1.54, 1.807) is 25.1 Å². The van der Waals surface area contributed by atoms with Crippen LogP contribution in [0.25, 0.3) is 0 Å². The minimum Gasteiger partial charge on any atom is -0.462 e. The fourth-order valence-electron chi connectivity index (χ4n) is 2.99. The molecule has 0 unspecified atom stereocenters. The van der Waals surface area contributed by atoms with Gasteiger partial charge in [-0.3, -0.25) is 0 Å². The second-order valence-corrected chi connectivity index (χ2v) is 8.10. The van der Waals surface area contributed by atoms with Crippen molar-refractivity contribution in [2.45, 2.75) is 37.5 Å². The highest BCUT2D eigenvalue weighted by atomic mass is 32.2. The minimum atomic E-state index is -0.404. The van der Waals surface area contributed by atoms with E-state index in [0.717, 1.165) is 16.9 Å². The van der Waals surface area contributed by atoms with Gasteiger partial charge >= 0.3 is 5.97 Å². The summed E-state index contributed by atoms with van der Waals surface area (Å²) in [6, 6.07) is 11.6. The lowest BCUT2D eigenvalue weighted by Crippen LogP contribution is -2.22. The van der Waals surface area contributed by atoms with Crippen molar-refractivity contribution in [2.75, 3.05) is 18.1 Å². The van der Waals surface area contributed by atoms with Crippen molar-refractivity contribution in [3.8, 4) is 11.8 Å². The Morgan fingerprint density at radius 3 is 2.58 bits per heavy atom. The highest BCUT2D eigenvalue weighted by Crippen LogP contribution is 2.41. The summed E-state index contributed by atoms with van der Waals surface area (Å²) in [6.07, 6.45) is 1.17. The van der Waals surface area contributed by atoms with Crippen molar-refractivity contribution >= 4 is 23.4 Å². The van der Waals surface area contributed by atoms with Gasteiger partial charge < -0.3 is 10.5 Å². The molecule has 0 radical (unpaired) electrons. The van der Waals surface area contributed by atoms with Crippen LogP contribution in [0.15, 0.2) is 41.3 Å². The van der Waals surface area contributed by atoms with Crippen molar-refractivity contribution in [2.24, 2.45) is 0 Å². The van der Waals surface area contributed by atoms with Gasteiger partial charge in [-0.15, -0.1) is 11.8 Å². The predicted molar refractivity (Wildman–Crippen MR) is 108 cm³/mol. The summed E-state index contributed by atoms with van der Waals surface area (Å²) in [4.78, 5) is 13.2. The molecule has 1 aliphatic rings. The lowest BCUT2D eigenvalue weighted by Gasteiger charge is -2.32. The largest absolute Gasteiger partial charge is 0.462 e. The normalized spacial score (nSPS) is 14.7. The van der Waals surface area contributed by atoms with E-state index < -0.39 is 5.97 Å². The number of hydrogen-bond acceptors (Lipinski definition) is 4. The molecule has 0 amide bonds. The molecule has 2 aromatic rings. The van der Waals surface area contributed by atoms with Gasteiger partial charge in [-0.2, -0.15) is 0 Å². The smallest absolute Gasteiger partial charge is 0.340 e. The number of ether oxygens (including phenoxy) is 1. The molecule has 134 valence electrons. The molecule has 0 atom stereocenters. The SMILES string of the molecule is CCOC(=O)c1ccc(C#Cc2ccc3c(c2)C(C)(C)CCS3)cc1N. The van der Waals surface area contributed by atoms with Crippen molar-refractivity contribution in [3.05, 3.63) is 58.7 Å². The lowest BCUT2D eigenvalue weighted by atomic mass is 9.81. The second kappa shape index (κ2) is 7.47. The number of fused-ring (bicyclic) bond motifs is 1. The van der Waals surface area contributed by atoms with Gasteiger partial charge in [0.05, 0.1) is 12.2 Å². The van der Waals surface area contributed by atoms with Crippen molar-refractivity contribution in [1.82, 2.24) is 0 Å². The molecule has 0 spiro atoms. The Hall–Kier alpha value is -2.38. The Bertz CT molecular complexity index is 906. The number of nitrogen functional groups attached to an aromatic ring is 1. The Labute approximate surface area is 159 Å². The van der Waals surface area contributed by atoms with E-state index in [9.17, 15) is 4.79 Å². The molecule has 0 aromatic heterocycles. The average Bonchev–Trinajstić information content (AvgIpc) is 2.60. The first kappa shape index (κ1) is 18.4. The van der Waals surface area contributed by atoms with Gasteiger partial charge in [0.1, 0.15) is 0 Å². The standard InChI is InChI=1S/C22H23NO2S/c1-4-25-21(24)17-9-7-16(14-19(17)23)6-5-15-8-10-20-18(13-15)22(2,3)11-12-26-20/h7-10,13-14H,4,11-12,23H2,1-3H3. The van der Waals surface area contributed by atoms with Crippen LogP contribution in [-0.2, 0) is 10.2 Å². The van der Waals surface area contributed by atoms with Gasteiger partial charge in [-0.1, -0.05) is 25.7 Å². The molecule has 3 nitrogen and oxygen atoms in total. The quantitative estimate of drug-likeness (QED) is 0.479. The fourth-order valence-corrected chi connectivity index (χ4v) is 4.48. The Balaban J connectivity index is 1.86. The van der Waals surface area contributed by atoms with E-state index >= 15 is 0 Å². The lowest BCUT2D eigenvalue weighted by molar-refractivity contribution is 0.0527. The highest BCUT2D eigenvalue weighted by molar-refractivity contribution is 7.99. The maximum Gasteiger partial charge on any atom is 0.340 e. The molecule has 4 heteroatoms. The van der Waals surface area contributed by atoms with Crippen LogP contribution in [-0.4, -0.2) is 18.3 Å². The number of hydrogen-bond donors (Lipinski definition) is 1. The maximum absolute atomic E-state index is 11.8. The van der Waals surface area contributed by atoms with Crippen LogP contribution >= 0.6 is 11.8 Å². The van der Waals surface area contributed by atoms with E-state index in [1.165, 1.54) is 16.9 Å². The average molecular weight is 365 g/mol. The monoisotopic (exact) mass is 365 g/mol. The second-order valence-electron chi connectivity index (χ2n) is 6.97. The maximum atomic E-state index is 11.8. The molecule has 26 heavy (non-hydrogen) atoms. The predicted octanol–water partition coefficient (Wildman–Crippen LogP) is 4.62. The van der Waals surface area contributed by atoms with Crippen molar-refractivity contribution in [3.63, 3.8) is 0 Å². The van der Waals surface area contributed by atoms with Crippen LogP contribution in [0.4, 0.5) is 5.69 Å². The summed E-state index contributed by atoms with van der Waals surface area (Å²) in [5, 5.41) is 0. The molecular formula is C22H23NO2S. The highest BCUT2D eigenvalue weighted by Gasteiger charge is 2.27. The van der Waals surface area contributed by atoms with Crippen molar-refractivity contribution in [1.29, 1.82) is 0 Å². The first-order valence-electron chi connectivity index (χ1n) is 8.77. The Morgan fingerprint density at radius 2 is 1.88 bits per heavy atom. The van der Waals surface area contributed by atoms with Crippen LogP contribution < -0.4 is 5.73 Å². The number of rotatable bonds is 2. The van der Waals surface area contributed by atoms with Gasteiger partial charge in [-0.05, 0) is 66.5 Å². The van der Waals surface area contributed by atoms with E-state index in [0.29, 0.717) is 17.9 Å². The molecule has 2 N–H and O–H groups in total. The van der Waals surface area contributed by atoms with Crippen LogP contribution in [0.1, 0.15) is 54.2 Å². The summed E-state index contributed by atoms with van der Waals surface area (Å²) >= 11 is 1.92. The molecule has 1 heterocycles. The molecule has 0 bridgehead atoms. The van der Waals surface area contributed by atoms with E-state index in [4.69, 9.17) is 10.5 Å². The van der Waals surface area contributed by atoms with Gasteiger partial charge in [0, 0.05) is 21.7 Å². The third-order valence-electron chi connectivity index (χ3n) is 4.59. The van der Waals surface area contributed by atoms with E-state index in [-0.39, 0.29) is 5.41 Å². The first-order valence-corrected chi connectivity index (χ1v) is 9.75. The van der Waals surface area contributed by atoms with Gasteiger partial charge in [-0.25, -0.2) is 4.79 Å². The molecular weight excluding hydrogens is 342 g/mol. The molecule has 0 saturated carbocycles. The summed E-state index contributed by atoms with van der Waals surface area (Å²) in [7, 11) is 0. The zero-order valence-electron chi connectivity index (χ0n) is 15.4. The molecule has 0 fully saturated rings. The summed E-state index contributed by atoms with van der Waals surface area (Å²) in [5.74, 6) is 7.12. The van der Waals surface area contributed by atoms with Crippen LogP contribution in [0.3, 0.4) is 0 Å². The first-order chi connectivity index (χ1) is 12.4. The molecule has 0 aliphatic carbocycles. The number of carbonyl (C=O) groups is 1. The zero-order valence-corrected chi connectivity index (χ0v) is 16.2. The summed E-state index contributed by atoms with van der Waals surface area (Å²) < 4.78 is 4.99. The number of benzene rings is 2. The number of carbonyl (C=O) groups excluding carboxylic acids is 1.